The van der Waals surface area contributed by atoms with E-state index in [1.165, 1.54) is 0 Å². The highest BCUT2D eigenvalue weighted by molar-refractivity contribution is 5.68. The van der Waals surface area contributed by atoms with Crippen molar-refractivity contribution in [1.29, 1.82) is 0 Å². The van der Waals surface area contributed by atoms with Crippen molar-refractivity contribution in [1.82, 2.24) is 5.32 Å². The molecule has 0 aliphatic carbocycles. The molecule has 104 valence electrons. The summed E-state index contributed by atoms with van der Waals surface area (Å²) < 4.78 is 11.1. The molecular formula is C13H24N2O3. The molecule has 0 spiro atoms. The molecule has 2 saturated heterocycles. The van der Waals surface area contributed by atoms with Gasteiger partial charge in [-0.2, -0.15) is 0 Å². The van der Waals surface area contributed by atoms with Crippen LogP contribution in [0.4, 0.5) is 4.79 Å². The zero-order chi connectivity index (χ0) is 13.3. The van der Waals surface area contributed by atoms with Crippen LogP contribution in [0.3, 0.4) is 0 Å². The third-order valence-corrected chi connectivity index (χ3v) is 3.63. The van der Waals surface area contributed by atoms with Crippen molar-refractivity contribution < 1.29 is 14.3 Å². The van der Waals surface area contributed by atoms with E-state index in [1.807, 2.05) is 20.8 Å². The van der Waals surface area contributed by atoms with Crippen LogP contribution in [-0.4, -0.2) is 36.5 Å². The maximum atomic E-state index is 11.8. The minimum absolute atomic E-state index is 0.0462. The van der Waals surface area contributed by atoms with E-state index < -0.39 is 5.60 Å². The van der Waals surface area contributed by atoms with Gasteiger partial charge in [0.15, 0.2) is 0 Å². The van der Waals surface area contributed by atoms with E-state index in [0.29, 0.717) is 18.6 Å². The normalized spacial score (nSPS) is 32.3. The number of fused-ring (bicyclic) bond motifs is 2. The average Bonchev–Trinajstić information content (AvgIpc) is 2.84. The van der Waals surface area contributed by atoms with Crippen LogP contribution >= 0.6 is 0 Å². The number of carbonyl (C=O) groups is 1. The molecule has 2 bridgehead atoms. The standard InChI is InChI=1S/C13H24N2O3/c1-13(2,3)18-12(16)15-10(7-14)9-6-8-4-5-11(9)17-8/h8-11H,4-7,14H2,1-3H3,(H,15,16). The molecule has 1 amide bonds. The van der Waals surface area contributed by atoms with Gasteiger partial charge in [-0.1, -0.05) is 0 Å². The van der Waals surface area contributed by atoms with Crippen LogP contribution in [-0.2, 0) is 9.47 Å². The first kappa shape index (κ1) is 13.6. The lowest BCUT2D eigenvalue weighted by Gasteiger charge is -2.29. The van der Waals surface area contributed by atoms with E-state index in [2.05, 4.69) is 5.32 Å². The molecule has 5 heteroatoms. The Balaban J connectivity index is 1.88. The van der Waals surface area contributed by atoms with Crippen molar-refractivity contribution >= 4 is 6.09 Å². The second-order valence-corrected chi connectivity index (χ2v) is 6.26. The Morgan fingerprint density at radius 2 is 2.22 bits per heavy atom. The third kappa shape index (κ3) is 3.14. The Morgan fingerprint density at radius 3 is 2.67 bits per heavy atom. The second-order valence-electron chi connectivity index (χ2n) is 6.26. The maximum Gasteiger partial charge on any atom is 0.407 e. The molecular weight excluding hydrogens is 232 g/mol. The number of hydrogen-bond acceptors (Lipinski definition) is 4. The monoisotopic (exact) mass is 256 g/mol. The number of nitrogens with two attached hydrogens (primary N) is 1. The molecule has 0 aromatic rings. The molecule has 2 heterocycles. The fourth-order valence-corrected chi connectivity index (χ4v) is 2.90. The van der Waals surface area contributed by atoms with Crippen LogP contribution in [0, 0.1) is 5.92 Å². The lowest BCUT2D eigenvalue weighted by Crippen LogP contribution is -2.49. The number of carbonyl (C=O) groups excluding carboxylic acids is 1. The molecule has 2 aliphatic rings. The van der Waals surface area contributed by atoms with E-state index >= 15 is 0 Å². The van der Waals surface area contributed by atoms with Crippen molar-refractivity contribution in [3.05, 3.63) is 0 Å². The highest BCUT2D eigenvalue weighted by Gasteiger charge is 2.44. The smallest absolute Gasteiger partial charge is 0.407 e. The van der Waals surface area contributed by atoms with Crippen LogP contribution in [0.1, 0.15) is 40.0 Å². The van der Waals surface area contributed by atoms with E-state index in [-0.39, 0.29) is 18.2 Å². The number of amides is 1. The zero-order valence-electron chi connectivity index (χ0n) is 11.4. The Hall–Kier alpha value is -0.810. The molecule has 18 heavy (non-hydrogen) atoms. The Kier molecular flexibility index (Phi) is 3.82. The quantitative estimate of drug-likeness (QED) is 0.800. The van der Waals surface area contributed by atoms with Gasteiger partial charge in [0.05, 0.1) is 12.2 Å². The molecule has 5 nitrogen and oxygen atoms in total. The van der Waals surface area contributed by atoms with Gasteiger partial charge in [-0.3, -0.25) is 0 Å². The number of rotatable bonds is 3. The molecule has 2 rings (SSSR count). The number of ether oxygens (including phenoxy) is 2. The highest BCUT2D eigenvalue weighted by Crippen LogP contribution is 2.40. The maximum absolute atomic E-state index is 11.8. The number of hydrogen-bond donors (Lipinski definition) is 2. The summed E-state index contributed by atoms with van der Waals surface area (Å²) in [5.74, 6) is 0.335. The summed E-state index contributed by atoms with van der Waals surface area (Å²) in [5.41, 5.74) is 5.29. The van der Waals surface area contributed by atoms with E-state index in [9.17, 15) is 4.79 Å². The first-order chi connectivity index (χ1) is 8.39. The molecule has 0 radical (unpaired) electrons. The Bertz CT molecular complexity index is 314. The van der Waals surface area contributed by atoms with Gasteiger partial charge in [-0.15, -0.1) is 0 Å². The van der Waals surface area contributed by atoms with Gasteiger partial charge in [0.25, 0.3) is 0 Å². The van der Waals surface area contributed by atoms with Crippen LogP contribution in [0.25, 0.3) is 0 Å². The van der Waals surface area contributed by atoms with Crippen molar-refractivity contribution in [2.24, 2.45) is 11.7 Å². The third-order valence-electron chi connectivity index (χ3n) is 3.63. The van der Waals surface area contributed by atoms with Crippen LogP contribution in [0.2, 0.25) is 0 Å². The summed E-state index contributed by atoms with van der Waals surface area (Å²) in [6.07, 6.45) is 3.48. The van der Waals surface area contributed by atoms with Crippen molar-refractivity contribution in [2.75, 3.05) is 6.54 Å². The molecule has 4 unspecified atom stereocenters. The number of alkyl carbamates (subject to hydrolysis) is 1. The van der Waals surface area contributed by atoms with Gasteiger partial charge < -0.3 is 20.5 Å². The molecule has 4 atom stereocenters. The minimum atomic E-state index is -0.478. The predicted molar refractivity (Wildman–Crippen MR) is 68.2 cm³/mol. The highest BCUT2D eigenvalue weighted by atomic mass is 16.6. The summed E-state index contributed by atoms with van der Waals surface area (Å²) in [6, 6.07) is -0.0462. The molecule has 0 aromatic heterocycles. The van der Waals surface area contributed by atoms with Crippen LogP contribution < -0.4 is 11.1 Å². The summed E-state index contributed by atoms with van der Waals surface area (Å²) in [4.78, 5) is 11.8. The molecule has 2 aliphatic heterocycles. The summed E-state index contributed by atoms with van der Waals surface area (Å²) in [6.45, 7) is 5.98. The SMILES string of the molecule is CC(C)(C)OC(=O)NC(CN)C1CC2CCC1O2. The molecule has 2 fully saturated rings. The number of nitrogens with one attached hydrogen (secondary N) is 1. The fourth-order valence-electron chi connectivity index (χ4n) is 2.90. The zero-order valence-corrected chi connectivity index (χ0v) is 11.4. The Labute approximate surface area is 108 Å². The van der Waals surface area contributed by atoms with Gasteiger partial charge >= 0.3 is 6.09 Å². The first-order valence-corrected chi connectivity index (χ1v) is 6.74. The summed E-state index contributed by atoms with van der Waals surface area (Å²) >= 11 is 0. The van der Waals surface area contributed by atoms with E-state index in [1.54, 1.807) is 0 Å². The molecule has 0 saturated carbocycles. The van der Waals surface area contributed by atoms with E-state index in [4.69, 9.17) is 15.2 Å². The molecule has 3 N–H and O–H groups in total. The van der Waals surface area contributed by atoms with Crippen LogP contribution in [0.15, 0.2) is 0 Å². The van der Waals surface area contributed by atoms with E-state index in [0.717, 1.165) is 19.3 Å². The van der Waals surface area contributed by atoms with Gasteiger partial charge in [0.1, 0.15) is 5.60 Å². The van der Waals surface area contributed by atoms with Crippen molar-refractivity contribution in [3.8, 4) is 0 Å². The predicted octanol–water partition coefficient (Wildman–Crippen LogP) is 1.41. The molecule has 0 aromatic carbocycles. The second kappa shape index (κ2) is 5.05. The van der Waals surface area contributed by atoms with Gasteiger partial charge in [-0.25, -0.2) is 4.79 Å². The van der Waals surface area contributed by atoms with Crippen molar-refractivity contribution in [3.63, 3.8) is 0 Å². The summed E-state index contributed by atoms with van der Waals surface area (Å²) in [7, 11) is 0. The largest absolute Gasteiger partial charge is 0.444 e. The lowest BCUT2D eigenvalue weighted by molar-refractivity contribution is 0.0457. The summed E-state index contributed by atoms with van der Waals surface area (Å²) in [5, 5.41) is 2.88. The topological polar surface area (TPSA) is 73.6 Å². The van der Waals surface area contributed by atoms with Gasteiger partial charge in [0.2, 0.25) is 0 Å². The fraction of sp³-hybridized carbons (Fsp3) is 0.923. The minimum Gasteiger partial charge on any atom is -0.444 e. The first-order valence-electron chi connectivity index (χ1n) is 6.74. The van der Waals surface area contributed by atoms with Gasteiger partial charge in [0, 0.05) is 18.5 Å². The van der Waals surface area contributed by atoms with Gasteiger partial charge in [-0.05, 0) is 40.0 Å². The van der Waals surface area contributed by atoms with Crippen molar-refractivity contribution in [2.45, 2.75) is 63.9 Å². The average molecular weight is 256 g/mol. The van der Waals surface area contributed by atoms with Crippen LogP contribution in [0.5, 0.6) is 0 Å². The lowest BCUT2D eigenvalue weighted by atomic mass is 9.84. The Morgan fingerprint density at radius 1 is 1.50 bits per heavy atom.